The van der Waals surface area contributed by atoms with E-state index in [2.05, 4.69) is 68.4 Å². The third-order valence-corrected chi connectivity index (χ3v) is 5.83. The molecule has 0 rings (SSSR count). The first-order valence-electron chi connectivity index (χ1n) is 11.3. The summed E-state index contributed by atoms with van der Waals surface area (Å²) in [5, 5.41) is 0. The van der Waals surface area contributed by atoms with Gasteiger partial charge in [-0.25, -0.2) is 0 Å². The van der Waals surface area contributed by atoms with Gasteiger partial charge in [0.2, 0.25) is 0 Å². The Balaban J connectivity index is 5.32. The zero-order chi connectivity index (χ0) is 19.6. The van der Waals surface area contributed by atoms with Gasteiger partial charge in [0.25, 0.3) is 0 Å². The number of allylic oxidation sites excluding steroid dienone is 2. The average Bonchev–Trinajstić information content (AvgIpc) is 2.50. The fourth-order valence-corrected chi connectivity index (χ4v) is 4.38. The lowest BCUT2D eigenvalue weighted by Crippen LogP contribution is -2.27. The molecule has 0 aliphatic carbocycles. The minimum atomic E-state index is 0.256. The van der Waals surface area contributed by atoms with Gasteiger partial charge >= 0.3 is 0 Å². The van der Waals surface area contributed by atoms with Crippen molar-refractivity contribution in [3.8, 4) is 0 Å². The zero-order valence-corrected chi connectivity index (χ0v) is 19.4. The lowest BCUT2D eigenvalue weighted by molar-refractivity contribution is 0.268. The standard InChI is InChI=1S/C25H50/c1-10-13-15-16-17-18-20-25(12-3,19-14-11-2)21-22(23(4,5)6)24(7,8)9/h21H,10-20H2,1-9H3. The molecule has 0 aliphatic heterocycles. The highest BCUT2D eigenvalue weighted by Crippen LogP contribution is 2.46. The summed E-state index contributed by atoms with van der Waals surface area (Å²) in [5.41, 5.74) is 2.58. The van der Waals surface area contributed by atoms with Crippen molar-refractivity contribution in [2.45, 2.75) is 133 Å². The van der Waals surface area contributed by atoms with Crippen molar-refractivity contribution in [3.05, 3.63) is 11.6 Å². The van der Waals surface area contributed by atoms with Gasteiger partial charge in [-0.2, -0.15) is 0 Å². The van der Waals surface area contributed by atoms with E-state index in [9.17, 15) is 0 Å². The second-order valence-electron chi connectivity index (χ2n) is 10.4. The van der Waals surface area contributed by atoms with Crippen LogP contribution in [0.1, 0.15) is 133 Å². The number of hydrogen-bond acceptors (Lipinski definition) is 0. The normalized spacial score (nSPS) is 15.1. The molecule has 0 heteroatoms. The Kier molecular flexibility index (Phi) is 11.3. The molecule has 0 amide bonds. The van der Waals surface area contributed by atoms with Crippen LogP contribution in [0.2, 0.25) is 0 Å². The van der Waals surface area contributed by atoms with E-state index in [0.29, 0.717) is 5.41 Å². The lowest BCUT2D eigenvalue weighted by Gasteiger charge is -2.39. The summed E-state index contributed by atoms with van der Waals surface area (Å²) >= 11 is 0. The van der Waals surface area contributed by atoms with Crippen LogP contribution in [0.15, 0.2) is 11.6 Å². The van der Waals surface area contributed by atoms with Crippen molar-refractivity contribution in [2.24, 2.45) is 16.2 Å². The minimum Gasteiger partial charge on any atom is -0.0781 e. The summed E-state index contributed by atoms with van der Waals surface area (Å²) in [6.45, 7) is 21.5. The Hall–Kier alpha value is -0.260. The molecule has 0 aromatic heterocycles. The fraction of sp³-hybridized carbons (Fsp3) is 0.920. The molecule has 0 aliphatic rings. The molecule has 0 saturated heterocycles. The van der Waals surface area contributed by atoms with Gasteiger partial charge in [0, 0.05) is 0 Å². The largest absolute Gasteiger partial charge is 0.0781 e. The van der Waals surface area contributed by atoms with Crippen LogP contribution in [0.5, 0.6) is 0 Å². The van der Waals surface area contributed by atoms with Crippen LogP contribution in [0.4, 0.5) is 0 Å². The number of unbranched alkanes of at least 4 members (excludes halogenated alkanes) is 6. The quantitative estimate of drug-likeness (QED) is 0.243. The molecule has 0 fully saturated rings. The first-order chi connectivity index (χ1) is 11.5. The molecule has 0 N–H and O–H groups in total. The Morgan fingerprint density at radius 3 is 1.48 bits per heavy atom. The summed E-state index contributed by atoms with van der Waals surface area (Å²) in [7, 11) is 0. The maximum Gasteiger partial charge on any atom is -0.0118 e. The van der Waals surface area contributed by atoms with Gasteiger partial charge in [0.1, 0.15) is 0 Å². The van der Waals surface area contributed by atoms with Crippen molar-refractivity contribution < 1.29 is 0 Å². The number of hydrogen-bond donors (Lipinski definition) is 0. The van der Waals surface area contributed by atoms with Gasteiger partial charge in [0.05, 0.1) is 0 Å². The Morgan fingerprint density at radius 2 is 1.04 bits per heavy atom. The van der Waals surface area contributed by atoms with Gasteiger partial charge in [-0.3, -0.25) is 0 Å². The van der Waals surface area contributed by atoms with Gasteiger partial charge in [-0.1, -0.05) is 125 Å². The van der Waals surface area contributed by atoms with Gasteiger partial charge < -0.3 is 0 Å². The molecule has 0 heterocycles. The monoisotopic (exact) mass is 350 g/mol. The Morgan fingerprint density at radius 1 is 0.600 bits per heavy atom. The van der Waals surface area contributed by atoms with Gasteiger partial charge in [-0.05, 0) is 35.5 Å². The molecule has 1 unspecified atom stereocenters. The molecule has 0 saturated carbocycles. The molecule has 0 bridgehead atoms. The molecule has 25 heavy (non-hydrogen) atoms. The Bertz CT molecular complexity index is 344. The molecule has 0 spiro atoms. The van der Waals surface area contributed by atoms with Crippen LogP contribution in [0, 0.1) is 16.2 Å². The minimum absolute atomic E-state index is 0.256. The predicted octanol–water partition coefficient (Wildman–Crippen LogP) is 9.34. The molecule has 150 valence electrons. The molecule has 0 radical (unpaired) electrons. The second kappa shape index (κ2) is 11.5. The van der Waals surface area contributed by atoms with Crippen molar-refractivity contribution in [3.63, 3.8) is 0 Å². The highest BCUT2D eigenvalue weighted by molar-refractivity contribution is 5.22. The Labute approximate surface area is 161 Å². The average molecular weight is 351 g/mol. The summed E-state index contributed by atoms with van der Waals surface area (Å²) in [4.78, 5) is 0. The van der Waals surface area contributed by atoms with Gasteiger partial charge in [0.15, 0.2) is 0 Å². The number of rotatable bonds is 12. The maximum absolute atomic E-state index is 2.74. The van der Waals surface area contributed by atoms with E-state index < -0.39 is 0 Å². The van der Waals surface area contributed by atoms with Crippen LogP contribution in [0.3, 0.4) is 0 Å². The van der Waals surface area contributed by atoms with E-state index in [1.54, 1.807) is 5.57 Å². The zero-order valence-electron chi connectivity index (χ0n) is 19.4. The predicted molar refractivity (Wildman–Crippen MR) is 117 cm³/mol. The van der Waals surface area contributed by atoms with E-state index in [0.717, 1.165) is 0 Å². The van der Waals surface area contributed by atoms with Crippen molar-refractivity contribution >= 4 is 0 Å². The van der Waals surface area contributed by atoms with Crippen molar-refractivity contribution in [2.75, 3.05) is 0 Å². The molecule has 0 nitrogen and oxygen atoms in total. The third-order valence-electron chi connectivity index (χ3n) is 5.83. The molecular weight excluding hydrogens is 300 g/mol. The highest BCUT2D eigenvalue weighted by Gasteiger charge is 2.33. The molecule has 0 aromatic rings. The van der Waals surface area contributed by atoms with E-state index in [1.165, 1.54) is 70.6 Å². The van der Waals surface area contributed by atoms with E-state index in [-0.39, 0.29) is 10.8 Å². The maximum atomic E-state index is 2.74. The summed E-state index contributed by atoms with van der Waals surface area (Å²) in [6.07, 6.45) is 17.9. The van der Waals surface area contributed by atoms with E-state index in [4.69, 9.17) is 0 Å². The topological polar surface area (TPSA) is 0 Å². The van der Waals surface area contributed by atoms with Crippen LogP contribution in [-0.4, -0.2) is 0 Å². The van der Waals surface area contributed by atoms with Crippen molar-refractivity contribution in [1.82, 2.24) is 0 Å². The van der Waals surface area contributed by atoms with E-state index in [1.807, 2.05) is 0 Å². The first kappa shape index (κ1) is 24.7. The van der Waals surface area contributed by atoms with Crippen molar-refractivity contribution in [1.29, 1.82) is 0 Å². The summed E-state index contributed by atoms with van der Waals surface area (Å²) in [5.74, 6) is 0. The van der Waals surface area contributed by atoms with Crippen LogP contribution in [-0.2, 0) is 0 Å². The van der Waals surface area contributed by atoms with Crippen LogP contribution >= 0.6 is 0 Å². The third kappa shape index (κ3) is 9.86. The lowest BCUT2D eigenvalue weighted by atomic mass is 9.66. The second-order valence-corrected chi connectivity index (χ2v) is 10.4. The SMILES string of the molecule is CCCCCCCCC(C=C(C(C)(C)C)C(C)(C)C)(CC)CCCC. The van der Waals surface area contributed by atoms with Gasteiger partial charge in [-0.15, -0.1) is 0 Å². The first-order valence-corrected chi connectivity index (χ1v) is 11.3. The molecule has 1 atom stereocenters. The summed E-state index contributed by atoms with van der Waals surface area (Å²) in [6, 6.07) is 0. The smallest absolute Gasteiger partial charge is 0.0118 e. The van der Waals surface area contributed by atoms with Crippen LogP contribution in [0.25, 0.3) is 0 Å². The highest BCUT2D eigenvalue weighted by atomic mass is 14.4. The summed E-state index contributed by atoms with van der Waals surface area (Å²) < 4.78 is 0. The van der Waals surface area contributed by atoms with E-state index >= 15 is 0 Å². The molecule has 0 aromatic carbocycles. The van der Waals surface area contributed by atoms with Crippen LogP contribution < -0.4 is 0 Å². The fourth-order valence-electron chi connectivity index (χ4n) is 4.38. The molecular formula is C25H50.